The average Bonchev–Trinajstić information content (AvgIpc) is 3.85. The molecule has 0 atom stereocenters. The predicted molar refractivity (Wildman–Crippen MR) is 190 cm³/mol. The number of nitrogens with zero attached hydrogens (tertiary/aromatic N) is 2. The Kier molecular flexibility index (Phi) is 4.55. The van der Waals surface area contributed by atoms with Crippen molar-refractivity contribution in [3.05, 3.63) is 146 Å². The number of furan rings is 2. The van der Waals surface area contributed by atoms with Crippen LogP contribution in [-0.4, -0.2) is 9.13 Å². The van der Waals surface area contributed by atoms with E-state index in [1.165, 1.54) is 32.6 Å². The maximum atomic E-state index is 6.34. The van der Waals surface area contributed by atoms with Crippen LogP contribution in [0.5, 0.6) is 0 Å². The molecule has 0 unspecified atom stereocenters. The first-order chi connectivity index (χ1) is 22.8. The molecule has 0 aliphatic rings. The van der Waals surface area contributed by atoms with Crippen molar-refractivity contribution < 1.29 is 8.83 Å². The first-order valence-electron chi connectivity index (χ1n) is 15.6. The quantitative estimate of drug-likeness (QED) is 0.201. The minimum Gasteiger partial charge on any atom is -0.456 e. The van der Waals surface area contributed by atoms with E-state index < -0.39 is 0 Å². The van der Waals surface area contributed by atoms with Crippen molar-refractivity contribution in [1.82, 2.24) is 9.13 Å². The normalized spacial score (nSPS) is 12.3. The van der Waals surface area contributed by atoms with Gasteiger partial charge in [0.25, 0.3) is 0 Å². The molecule has 4 heterocycles. The van der Waals surface area contributed by atoms with Crippen LogP contribution in [0.1, 0.15) is 0 Å². The van der Waals surface area contributed by atoms with Gasteiger partial charge in [-0.1, -0.05) is 78.9 Å². The Balaban J connectivity index is 1.27. The lowest BCUT2D eigenvalue weighted by molar-refractivity contribution is 0.668. The maximum Gasteiger partial charge on any atom is 0.137 e. The fourth-order valence-corrected chi connectivity index (χ4v) is 7.76. The summed E-state index contributed by atoms with van der Waals surface area (Å²) >= 11 is 0. The number of hydrogen-bond donors (Lipinski definition) is 0. The van der Waals surface area contributed by atoms with Crippen molar-refractivity contribution in [2.45, 2.75) is 0 Å². The van der Waals surface area contributed by atoms with Crippen molar-refractivity contribution in [3.63, 3.8) is 0 Å². The Morgan fingerprint density at radius 1 is 0.326 bits per heavy atom. The van der Waals surface area contributed by atoms with E-state index in [1.54, 1.807) is 0 Å². The third kappa shape index (κ3) is 3.07. The van der Waals surface area contributed by atoms with E-state index in [1.807, 2.05) is 24.3 Å². The molecule has 11 rings (SSSR count). The molecule has 46 heavy (non-hydrogen) atoms. The summed E-state index contributed by atoms with van der Waals surface area (Å²) in [5, 5.41) is 9.42. The van der Waals surface area contributed by atoms with E-state index in [4.69, 9.17) is 8.83 Å². The highest BCUT2D eigenvalue weighted by atomic mass is 16.3. The molecular weight excluding hydrogens is 564 g/mol. The monoisotopic (exact) mass is 588 g/mol. The Morgan fingerprint density at radius 3 is 1.67 bits per heavy atom. The zero-order valence-corrected chi connectivity index (χ0v) is 24.6. The first-order valence-corrected chi connectivity index (χ1v) is 15.6. The smallest absolute Gasteiger partial charge is 0.137 e. The van der Waals surface area contributed by atoms with Crippen LogP contribution >= 0.6 is 0 Å². The van der Waals surface area contributed by atoms with Gasteiger partial charge in [-0.2, -0.15) is 0 Å². The molecule has 4 heteroatoms. The van der Waals surface area contributed by atoms with Crippen LogP contribution in [0.4, 0.5) is 0 Å². The standard InChI is InChI=1S/C42H24N2O2/c1-5-13-34-27(9-1)31-20-21-36-41(42(31)44(34)25-18-22-39-33(23-25)29-11-4-8-16-38(29)45-39)32-12-2-6-14-35(32)43(36)26-17-19-30-28-10-3-7-15-37(28)46-40(30)24-26/h1-24H. The molecular formula is C42H24N2O2. The molecule has 0 aliphatic heterocycles. The summed E-state index contributed by atoms with van der Waals surface area (Å²) in [6.07, 6.45) is 0. The molecule has 4 nitrogen and oxygen atoms in total. The largest absolute Gasteiger partial charge is 0.456 e. The fourth-order valence-electron chi connectivity index (χ4n) is 7.76. The molecule has 11 aromatic rings. The Bertz CT molecular complexity index is 3040. The number of fused-ring (bicyclic) bond motifs is 13. The van der Waals surface area contributed by atoms with Gasteiger partial charge in [0, 0.05) is 60.5 Å². The van der Waals surface area contributed by atoms with E-state index in [0.29, 0.717) is 0 Å². The van der Waals surface area contributed by atoms with Crippen LogP contribution in [0, 0.1) is 0 Å². The summed E-state index contributed by atoms with van der Waals surface area (Å²) in [5.41, 5.74) is 10.5. The van der Waals surface area contributed by atoms with Gasteiger partial charge in [0.2, 0.25) is 0 Å². The van der Waals surface area contributed by atoms with Gasteiger partial charge >= 0.3 is 0 Å². The number of rotatable bonds is 2. The van der Waals surface area contributed by atoms with Gasteiger partial charge in [-0.25, -0.2) is 0 Å². The minimum absolute atomic E-state index is 0.889. The van der Waals surface area contributed by atoms with E-state index in [9.17, 15) is 0 Å². The van der Waals surface area contributed by atoms with E-state index >= 15 is 0 Å². The van der Waals surface area contributed by atoms with E-state index in [0.717, 1.165) is 66.3 Å². The first kappa shape index (κ1) is 24.1. The Labute approximate surface area is 261 Å². The number of aromatic nitrogens is 2. The number of para-hydroxylation sites is 4. The van der Waals surface area contributed by atoms with E-state index in [-0.39, 0.29) is 0 Å². The van der Waals surface area contributed by atoms with Crippen LogP contribution in [-0.2, 0) is 0 Å². The van der Waals surface area contributed by atoms with Crippen molar-refractivity contribution in [2.24, 2.45) is 0 Å². The van der Waals surface area contributed by atoms with Crippen LogP contribution < -0.4 is 0 Å². The van der Waals surface area contributed by atoms with Crippen LogP contribution in [0.2, 0.25) is 0 Å². The summed E-state index contributed by atoms with van der Waals surface area (Å²) in [6, 6.07) is 51.7. The molecule has 0 saturated heterocycles. The van der Waals surface area contributed by atoms with Gasteiger partial charge in [-0.15, -0.1) is 0 Å². The molecule has 0 amide bonds. The topological polar surface area (TPSA) is 36.1 Å². The molecule has 0 fully saturated rings. The van der Waals surface area contributed by atoms with Crippen molar-refractivity contribution in [3.8, 4) is 11.4 Å². The van der Waals surface area contributed by atoms with Gasteiger partial charge in [0.15, 0.2) is 0 Å². The molecule has 0 radical (unpaired) electrons. The fraction of sp³-hybridized carbons (Fsp3) is 0. The summed E-state index contributed by atoms with van der Waals surface area (Å²) in [6.45, 7) is 0. The molecule has 4 aromatic heterocycles. The highest BCUT2D eigenvalue weighted by molar-refractivity contribution is 6.26. The van der Waals surface area contributed by atoms with Crippen LogP contribution in [0.25, 0.3) is 98.9 Å². The molecule has 0 N–H and O–H groups in total. The average molecular weight is 589 g/mol. The Hall–Kier alpha value is -6.26. The van der Waals surface area contributed by atoms with Crippen molar-refractivity contribution in [2.75, 3.05) is 0 Å². The minimum atomic E-state index is 0.889. The molecule has 0 aliphatic carbocycles. The van der Waals surface area contributed by atoms with E-state index in [2.05, 4.69) is 130 Å². The van der Waals surface area contributed by atoms with Crippen LogP contribution in [0.15, 0.2) is 154 Å². The lowest BCUT2D eigenvalue weighted by Gasteiger charge is -2.10. The molecule has 7 aromatic carbocycles. The molecule has 0 bridgehead atoms. The lowest BCUT2D eigenvalue weighted by atomic mass is 10.1. The highest BCUT2D eigenvalue weighted by Gasteiger charge is 2.21. The van der Waals surface area contributed by atoms with Gasteiger partial charge in [0.05, 0.1) is 22.1 Å². The molecule has 0 spiro atoms. The molecule has 0 saturated carbocycles. The summed E-state index contributed by atoms with van der Waals surface area (Å²) < 4.78 is 17.4. The molecule has 214 valence electrons. The van der Waals surface area contributed by atoms with Crippen molar-refractivity contribution >= 4 is 87.5 Å². The number of hydrogen-bond acceptors (Lipinski definition) is 2. The maximum absolute atomic E-state index is 6.34. The summed E-state index contributed by atoms with van der Waals surface area (Å²) in [7, 11) is 0. The van der Waals surface area contributed by atoms with Crippen LogP contribution in [0.3, 0.4) is 0 Å². The SMILES string of the molecule is c1ccc2c(c1)oc1cc(-n3c4ccccc4c4c3ccc3c5ccccc5n(-c5ccc6oc7ccccc7c6c5)c34)ccc12. The Morgan fingerprint density at radius 2 is 0.870 bits per heavy atom. The van der Waals surface area contributed by atoms with Gasteiger partial charge in [-0.05, 0) is 60.7 Å². The zero-order chi connectivity index (χ0) is 29.9. The predicted octanol–water partition coefficient (Wildman–Crippen LogP) is 11.7. The zero-order valence-electron chi connectivity index (χ0n) is 24.6. The van der Waals surface area contributed by atoms with Gasteiger partial charge in [0.1, 0.15) is 22.3 Å². The van der Waals surface area contributed by atoms with Crippen molar-refractivity contribution in [1.29, 1.82) is 0 Å². The second kappa shape index (κ2) is 8.68. The number of benzene rings is 7. The van der Waals surface area contributed by atoms with Gasteiger partial charge in [-0.3, -0.25) is 0 Å². The summed E-state index contributed by atoms with van der Waals surface area (Å²) in [4.78, 5) is 0. The second-order valence-electron chi connectivity index (χ2n) is 12.1. The second-order valence-corrected chi connectivity index (χ2v) is 12.1. The third-order valence-electron chi connectivity index (χ3n) is 9.71. The lowest BCUT2D eigenvalue weighted by Crippen LogP contribution is -1.95. The van der Waals surface area contributed by atoms with Gasteiger partial charge < -0.3 is 18.0 Å². The third-order valence-corrected chi connectivity index (χ3v) is 9.71. The highest BCUT2D eigenvalue weighted by Crippen LogP contribution is 2.43. The summed E-state index contributed by atoms with van der Waals surface area (Å²) in [5.74, 6) is 0.